The Bertz CT molecular complexity index is 625. The summed E-state index contributed by atoms with van der Waals surface area (Å²) in [4.78, 5) is 10.7. The zero-order valence-corrected chi connectivity index (χ0v) is 10.1. The van der Waals surface area contributed by atoms with E-state index < -0.39 is 17.3 Å². The summed E-state index contributed by atoms with van der Waals surface area (Å²) in [7, 11) is 0. The fourth-order valence-electron chi connectivity index (χ4n) is 1.59. The predicted octanol–water partition coefficient (Wildman–Crippen LogP) is 2.01. The van der Waals surface area contributed by atoms with Crippen LogP contribution < -0.4 is 11.1 Å². The van der Waals surface area contributed by atoms with Crippen LogP contribution in [0.25, 0.3) is 0 Å². The number of aromatic nitrogens is 1. The van der Waals surface area contributed by atoms with Crippen LogP contribution >= 0.6 is 0 Å². The molecule has 0 atom stereocenters. The van der Waals surface area contributed by atoms with Crippen molar-refractivity contribution < 1.29 is 18.8 Å². The van der Waals surface area contributed by atoms with Crippen LogP contribution in [0, 0.1) is 12.7 Å². The summed E-state index contributed by atoms with van der Waals surface area (Å²) in [6, 6.07) is 3.85. The summed E-state index contributed by atoms with van der Waals surface area (Å²) in [6.45, 7) is 2.06. The van der Waals surface area contributed by atoms with Gasteiger partial charge in [-0.1, -0.05) is 5.16 Å². The number of anilines is 2. The third kappa shape index (κ3) is 2.82. The number of aryl methyl sites for hydroxylation is 1. The summed E-state index contributed by atoms with van der Waals surface area (Å²) in [5.74, 6) is -1.64. The minimum Gasteiger partial charge on any atom is -0.478 e. The van der Waals surface area contributed by atoms with Crippen molar-refractivity contribution in [1.29, 1.82) is 0 Å². The van der Waals surface area contributed by atoms with E-state index in [9.17, 15) is 9.18 Å². The smallest absolute Gasteiger partial charge is 0.338 e. The number of carboxylic acid groups (broad SMARTS) is 1. The quantitative estimate of drug-likeness (QED) is 0.731. The zero-order valence-electron chi connectivity index (χ0n) is 10.1. The fraction of sp³-hybridized carbons (Fsp3) is 0.167. The molecule has 0 bridgehead atoms. The van der Waals surface area contributed by atoms with Crippen LogP contribution in [0.2, 0.25) is 0 Å². The summed E-state index contributed by atoms with van der Waals surface area (Å²) in [5, 5.41) is 15.3. The minimum absolute atomic E-state index is 0.148. The molecule has 6 nitrogen and oxygen atoms in total. The lowest BCUT2D eigenvalue weighted by molar-refractivity contribution is 0.0692. The summed E-state index contributed by atoms with van der Waals surface area (Å²) in [5.41, 5.74) is 6.38. The number of aromatic carboxylic acids is 1. The molecule has 1 aromatic heterocycles. The zero-order chi connectivity index (χ0) is 14.0. The maximum atomic E-state index is 13.5. The maximum Gasteiger partial charge on any atom is 0.338 e. The molecule has 0 aliphatic rings. The third-order valence-electron chi connectivity index (χ3n) is 2.50. The molecule has 0 saturated carbocycles. The van der Waals surface area contributed by atoms with E-state index in [0.717, 1.165) is 17.8 Å². The van der Waals surface area contributed by atoms with Gasteiger partial charge in [-0.2, -0.15) is 0 Å². The van der Waals surface area contributed by atoms with Crippen molar-refractivity contribution in [1.82, 2.24) is 5.16 Å². The SMILES string of the molecule is Cc1cc(CNc2cc(F)c(C(=O)O)cc2N)on1. The van der Waals surface area contributed by atoms with Crippen LogP contribution in [-0.4, -0.2) is 16.2 Å². The maximum absolute atomic E-state index is 13.5. The Hall–Kier alpha value is -2.57. The van der Waals surface area contributed by atoms with Crippen molar-refractivity contribution in [3.63, 3.8) is 0 Å². The number of halogens is 1. The number of hydrogen-bond donors (Lipinski definition) is 3. The monoisotopic (exact) mass is 265 g/mol. The van der Waals surface area contributed by atoms with Crippen molar-refractivity contribution in [2.45, 2.75) is 13.5 Å². The number of nitrogens with one attached hydrogen (secondary N) is 1. The topological polar surface area (TPSA) is 101 Å². The van der Waals surface area contributed by atoms with Crippen LogP contribution in [0.15, 0.2) is 22.7 Å². The van der Waals surface area contributed by atoms with Crippen molar-refractivity contribution in [2.75, 3.05) is 11.1 Å². The molecule has 4 N–H and O–H groups in total. The summed E-state index contributed by atoms with van der Waals surface area (Å²) >= 11 is 0. The normalized spacial score (nSPS) is 10.4. The Morgan fingerprint density at radius 3 is 2.84 bits per heavy atom. The minimum atomic E-state index is -1.36. The van der Waals surface area contributed by atoms with Crippen LogP contribution in [0.1, 0.15) is 21.8 Å². The molecule has 2 aromatic rings. The van der Waals surface area contributed by atoms with E-state index in [1.54, 1.807) is 13.0 Å². The molecule has 100 valence electrons. The van der Waals surface area contributed by atoms with Gasteiger partial charge in [-0.25, -0.2) is 9.18 Å². The molecule has 1 aromatic carbocycles. The first-order valence-corrected chi connectivity index (χ1v) is 5.45. The van der Waals surface area contributed by atoms with Gasteiger partial charge in [-0.05, 0) is 19.1 Å². The summed E-state index contributed by atoms with van der Waals surface area (Å²) < 4.78 is 18.5. The number of carbonyl (C=O) groups is 1. The van der Waals surface area contributed by atoms with Gasteiger partial charge in [0, 0.05) is 6.07 Å². The molecule has 0 aliphatic heterocycles. The highest BCUT2D eigenvalue weighted by Gasteiger charge is 2.13. The molecule has 0 unspecified atom stereocenters. The number of nitrogens with zero attached hydrogens (tertiary/aromatic N) is 1. The Balaban J connectivity index is 2.17. The van der Waals surface area contributed by atoms with Crippen LogP contribution in [0.4, 0.5) is 15.8 Å². The van der Waals surface area contributed by atoms with Crippen molar-refractivity contribution in [3.8, 4) is 0 Å². The first-order chi connectivity index (χ1) is 8.97. The van der Waals surface area contributed by atoms with Gasteiger partial charge in [0.25, 0.3) is 0 Å². The van der Waals surface area contributed by atoms with E-state index in [2.05, 4.69) is 10.5 Å². The van der Waals surface area contributed by atoms with E-state index in [1.807, 2.05) is 0 Å². The lowest BCUT2D eigenvalue weighted by Crippen LogP contribution is -2.07. The van der Waals surface area contributed by atoms with Crippen LogP contribution in [0.3, 0.4) is 0 Å². The highest BCUT2D eigenvalue weighted by molar-refractivity contribution is 5.90. The number of nitrogen functional groups attached to an aromatic ring is 1. The molecule has 0 fully saturated rings. The van der Waals surface area contributed by atoms with Crippen LogP contribution in [-0.2, 0) is 6.54 Å². The Labute approximate surface area is 108 Å². The number of carboxylic acids is 1. The van der Waals surface area contributed by atoms with Gasteiger partial charge in [0.1, 0.15) is 5.82 Å². The van der Waals surface area contributed by atoms with Crippen molar-refractivity contribution in [3.05, 3.63) is 41.0 Å². The first kappa shape index (κ1) is 12.9. The highest BCUT2D eigenvalue weighted by atomic mass is 19.1. The molecular formula is C12H12FN3O3. The Kier molecular flexibility index (Phi) is 3.37. The van der Waals surface area contributed by atoms with E-state index in [0.29, 0.717) is 11.4 Å². The van der Waals surface area contributed by atoms with E-state index >= 15 is 0 Å². The second-order valence-electron chi connectivity index (χ2n) is 4.01. The molecular weight excluding hydrogens is 253 g/mol. The Morgan fingerprint density at radius 2 is 2.26 bits per heavy atom. The van der Waals surface area contributed by atoms with Crippen molar-refractivity contribution in [2.24, 2.45) is 0 Å². The average molecular weight is 265 g/mol. The highest BCUT2D eigenvalue weighted by Crippen LogP contribution is 2.23. The molecule has 7 heteroatoms. The summed E-state index contributed by atoms with van der Waals surface area (Å²) in [6.07, 6.45) is 0. The largest absolute Gasteiger partial charge is 0.478 e. The molecule has 0 radical (unpaired) electrons. The number of hydrogen-bond acceptors (Lipinski definition) is 5. The number of rotatable bonds is 4. The number of nitrogens with two attached hydrogens (primary N) is 1. The molecule has 0 aliphatic carbocycles. The third-order valence-corrected chi connectivity index (χ3v) is 2.50. The van der Waals surface area contributed by atoms with Crippen LogP contribution in [0.5, 0.6) is 0 Å². The van der Waals surface area contributed by atoms with Gasteiger partial charge >= 0.3 is 5.97 Å². The lowest BCUT2D eigenvalue weighted by Gasteiger charge is -2.09. The molecule has 1 heterocycles. The first-order valence-electron chi connectivity index (χ1n) is 5.45. The molecule has 2 rings (SSSR count). The van der Waals surface area contributed by atoms with E-state index in [1.165, 1.54) is 0 Å². The van der Waals surface area contributed by atoms with Gasteiger partial charge in [0.05, 0.1) is 29.2 Å². The predicted molar refractivity (Wildman–Crippen MR) is 66.3 cm³/mol. The second kappa shape index (κ2) is 4.97. The standard InChI is InChI=1S/C12H12FN3O3/c1-6-2-7(19-16-6)5-15-11-4-9(13)8(12(17)18)3-10(11)14/h2-4,15H,5,14H2,1H3,(H,17,18). The number of benzene rings is 1. The second-order valence-corrected chi connectivity index (χ2v) is 4.01. The molecule has 19 heavy (non-hydrogen) atoms. The lowest BCUT2D eigenvalue weighted by atomic mass is 10.1. The van der Waals surface area contributed by atoms with Gasteiger partial charge in [-0.15, -0.1) is 0 Å². The van der Waals surface area contributed by atoms with E-state index in [-0.39, 0.29) is 12.2 Å². The fourth-order valence-corrected chi connectivity index (χ4v) is 1.59. The average Bonchev–Trinajstić information content (AvgIpc) is 2.75. The van der Waals surface area contributed by atoms with Crippen molar-refractivity contribution >= 4 is 17.3 Å². The van der Waals surface area contributed by atoms with E-state index in [4.69, 9.17) is 15.4 Å². The van der Waals surface area contributed by atoms with Gasteiger partial charge < -0.3 is 20.7 Å². The van der Waals surface area contributed by atoms with Gasteiger partial charge in [-0.3, -0.25) is 0 Å². The molecule has 0 saturated heterocycles. The molecule has 0 amide bonds. The van der Waals surface area contributed by atoms with Gasteiger partial charge in [0.15, 0.2) is 5.76 Å². The molecule has 0 spiro atoms. The van der Waals surface area contributed by atoms with Gasteiger partial charge in [0.2, 0.25) is 0 Å². The Morgan fingerprint density at radius 1 is 1.53 bits per heavy atom.